The van der Waals surface area contributed by atoms with Gasteiger partial charge in [-0.15, -0.1) is 0 Å². The quantitative estimate of drug-likeness (QED) is 0.655. The highest BCUT2D eigenvalue weighted by atomic mass is 32.2. The molecular formula is C9H8F4N2O2S. The number of rotatable bonds is 2. The van der Waals surface area contributed by atoms with E-state index in [9.17, 15) is 26.0 Å². The van der Waals surface area contributed by atoms with E-state index in [1.165, 1.54) is 0 Å². The molecule has 0 aromatic carbocycles. The van der Waals surface area contributed by atoms with E-state index >= 15 is 0 Å². The normalized spacial score (nSPS) is 22.1. The minimum atomic E-state index is -3.27. The second kappa shape index (κ2) is 4.38. The summed E-state index contributed by atoms with van der Waals surface area (Å²) in [4.78, 5) is 2.39. The van der Waals surface area contributed by atoms with Gasteiger partial charge in [-0.3, -0.25) is 0 Å². The molecule has 1 saturated heterocycles. The molecule has 1 atom stereocenters. The van der Waals surface area contributed by atoms with E-state index in [0.29, 0.717) is 0 Å². The zero-order valence-corrected chi connectivity index (χ0v) is 9.70. The molecule has 0 saturated carbocycles. The van der Waals surface area contributed by atoms with E-state index in [1.54, 1.807) is 0 Å². The maximum absolute atomic E-state index is 13.2. The SMILES string of the molecule is O=S1(=O)CCC(Nc2c(F)c(F)nc(F)c2F)C1. The van der Waals surface area contributed by atoms with E-state index in [2.05, 4.69) is 10.3 Å². The average molecular weight is 284 g/mol. The van der Waals surface area contributed by atoms with Crippen molar-refractivity contribution in [2.45, 2.75) is 12.5 Å². The number of nitrogens with one attached hydrogen (secondary N) is 1. The van der Waals surface area contributed by atoms with Crippen LogP contribution in [0.3, 0.4) is 0 Å². The topological polar surface area (TPSA) is 59.1 Å². The largest absolute Gasteiger partial charge is 0.376 e. The van der Waals surface area contributed by atoms with Crippen molar-refractivity contribution in [3.05, 3.63) is 23.5 Å². The van der Waals surface area contributed by atoms with Crippen LogP contribution in [-0.2, 0) is 9.84 Å². The van der Waals surface area contributed by atoms with Crippen molar-refractivity contribution < 1.29 is 26.0 Å². The highest BCUT2D eigenvalue weighted by Gasteiger charge is 2.30. The third-order valence-corrected chi connectivity index (χ3v) is 4.35. The minimum Gasteiger partial charge on any atom is -0.376 e. The maximum Gasteiger partial charge on any atom is 0.253 e. The average Bonchev–Trinajstić information content (AvgIpc) is 2.62. The van der Waals surface area contributed by atoms with Crippen LogP contribution in [0.25, 0.3) is 0 Å². The molecular weight excluding hydrogens is 276 g/mol. The van der Waals surface area contributed by atoms with Gasteiger partial charge in [-0.05, 0) is 6.42 Å². The monoisotopic (exact) mass is 284 g/mol. The molecule has 0 radical (unpaired) electrons. The molecule has 0 spiro atoms. The van der Waals surface area contributed by atoms with Gasteiger partial charge in [0.1, 0.15) is 5.69 Å². The van der Waals surface area contributed by atoms with Gasteiger partial charge < -0.3 is 5.32 Å². The van der Waals surface area contributed by atoms with E-state index in [4.69, 9.17) is 0 Å². The lowest BCUT2D eigenvalue weighted by atomic mass is 10.2. The lowest BCUT2D eigenvalue weighted by molar-refractivity contribution is 0.410. The van der Waals surface area contributed by atoms with Crippen molar-refractivity contribution in [1.82, 2.24) is 4.98 Å². The first kappa shape index (κ1) is 13.1. The number of hydrogen-bond acceptors (Lipinski definition) is 4. The fraction of sp³-hybridized carbons (Fsp3) is 0.444. The van der Waals surface area contributed by atoms with Crippen LogP contribution >= 0.6 is 0 Å². The Labute approximate surface area is 99.9 Å². The number of nitrogens with zero attached hydrogens (tertiary/aromatic N) is 1. The number of pyridine rings is 1. The molecule has 0 aliphatic carbocycles. The Morgan fingerprint density at radius 3 is 2.11 bits per heavy atom. The second-order valence-electron chi connectivity index (χ2n) is 3.94. The molecule has 1 aliphatic rings. The van der Waals surface area contributed by atoms with Crippen molar-refractivity contribution >= 4 is 15.5 Å². The summed E-state index contributed by atoms with van der Waals surface area (Å²) < 4.78 is 74.3. The van der Waals surface area contributed by atoms with Crippen LogP contribution in [0.15, 0.2) is 0 Å². The summed E-state index contributed by atoms with van der Waals surface area (Å²) in [6.07, 6.45) is 0.118. The highest BCUT2D eigenvalue weighted by Crippen LogP contribution is 2.25. The van der Waals surface area contributed by atoms with Gasteiger partial charge in [0.25, 0.3) is 11.9 Å². The van der Waals surface area contributed by atoms with Crippen LogP contribution in [0.5, 0.6) is 0 Å². The van der Waals surface area contributed by atoms with Gasteiger partial charge in [-0.25, -0.2) is 8.42 Å². The summed E-state index contributed by atoms with van der Waals surface area (Å²) in [6.45, 7) is 0. The summed E-state index contributed by atoms with van der Waals surface area (Å²) in [5.74, 6) is -7.37. The Morgan fingerprint density at radius 1 is 1.11 bits per heavy atom. The van der Waals surface area contributed by atoms with Crippen LogP contribution in [0.1, 0.15) is 6.42 Å². The van der Waals surface area contributed by atoms with Crippen molar-refractivity contribution in [2.75, 3.05) is 16.8 Å². The third-order valence-electron chi connectivity index (χ3n) is 2.58. The molecule has 0 amide bonds. The number of aromatic nitrogens is 1. The van der Waals surface area contributed by atoms with Gasteiger partial charge >= 0.3 is 0 Å². The van der Waals surface area contributed by atoms with Gasteiger partial charge in [0.2, 0.25) is 11.6 Å². The molecule has 1 aromatic heterocycles. The van der Waals surface area contributed by atoms with E-state index < -0.39 is 45.1 Å². The van der Waals surface area contributed by atoms with Gasteiger partial charge in [0.15, 0.2) is 9.84 Å². The fourth-order valence-corrected chi connectivity index (χ4v) is 3.40. The Hall–Kier alpha value is -1.38. The van der Waals surface area contributed by atoms with Crippen LogP contribution in [-0.4, -0.2) is 30.9 Å². The van der Waals surface area contributed by atoms with Crippen molar-refractivity contribution in [1.29, 1.82) is 0 Å². The summed E-state index contributed by atoms with van der Waals surface area (Å²) in [5.41, 5.74) is -1.03. The fourth-order valence-electron chi connectivity index (χ4n) is 1.73. The first-order valence-corrected chi connectivity index (χ1v) is 6.79. The summed E-state index contributed by atoms with van der Waals surface area (Å²) in [5, 5.41) is 2.17. The van der Waals surface area contributed by atoms with Crippen LogP contribution in [0, 0.1) is 23.5 Å². The zero-order valence-electron chi connectivity index (χ0n) is 8.88. The molecule has 2 heterocycles. The van der Waals surface area contributed by atoms with E-state index in [1.807, 2.05) is 0 Å². The lowest BCUT2D eigenvalue weighted by Crippen LogP contribution is -2.23. The number of hydrogen-bond donors (Lipinski definition) is 1. The molecule has 2 rings (SSSR count). The molecule has 1 N–H and O–H groups in total. The molecule has 1 aliphatic heterocycles. The van der Waals surface area contributed by atoms with Crippen molar-refractivity contribution in [3.63, 3.8) is 0 Å². The van der Waals surface area contributed by atoms with Crippen LogP contribution in [0.2, 0.25) is 0 Å². The Kier molecular flexibility index (Phi) is 3.18. The van der Waals surface area contributed by atoms with Crippen molar-refractivity contribution in [2.24, 2.45) is 0 Å². The Morgan fingerprint density at radius 2 is 1.67 bits per heavy atom. The number of halogens is 4. The molecule has 18 heavy (non-hydrogen) atoms. The van der Waals surface area contributed by atoms with Crippen LogP contribution in [0.4, 0.5) is 23.2 Å². The first-order valence-electron chi connectivity index (χ1n) is 4.97. The van der Waals surface area contributed by atoms with Crippen molar-refractivity contribution in [3.8, 4) is 0 Å². The summed E-state index contributed by atoms with van der Waals surface area (Å²) in [7, 11) is -3.27. The minimum absolute atomic E-state index is 0.118. The van der Waals surface area contributed by atoms with Gasteiger partial charge in [-0.1, -0.05) is 0 Å². The van der Waals surface area contributed by atoms with Gasteiger partial charge in [-0.2, -0.15) is 22.5 Å². The standard InChI is InChI=1S/C9H8F4N2O2S/c10-5-7(6(11)9(13)15-8(5)12)14-4-1-2-18(16,17)3-4/h4H,1-3H2,(H,14,15). The first-order chi connectivity index (χ1) is 8.30. The molecule has 0 bridgehead atoms. The number of sulfone groups is 1. The highest BCUT2D eigenvalue weighted by molar-refractivity contribution is 7.91. The van der Waals surface area contributed by atoms with E-state index in [0.717, 1.165) is 0 Å². The van der Waals surface area contributed by atoms with Gasteiger partial charge in [0, 0.05) is 6.04 Å². The molecule has 100 valence electrons. The Balaban J connectivity index is 2.30. The molecule has 1 fully saturated rings. The molecule has 4 nitrogen and oxygen atoms in total. The van der Waals surface area contributed by atoms with Gasteiger partial charge in [0.05, 0.1) is 11.5 Å². The second-order valence-corrected chi connectivity index (χ2v) is 6.17. The lowest BCUT2D eigenvalue weighted by Gasteiger charge is -2.14. The third kappa shape index (κ3) is 2.40. The smallest absolute Gasteiger partial charge is 0.253 e. The summed E-state index contributed by atoms with van der Waals surface area (Å²) >= 11 is 0. The summed E-state index contributed by atoms with van der Waals surface area (Å²) in [6, 6.07) is -0.778. The Bertz CT molecular complexity index is 564. The maximum atomic E-state index is 13.2. The number of anilines is 1. The molecule has 9 heteroatoms. The molecule has 1 unspecified atom stereocenters. The predicted molar refractivity (Wildman–Crippen MR) is 54.8 cm³/mol. The predicted octanol–water partition coefficient (Wildman–Crippen LogP) is 1.24. The van der Waals surface area contributed by atoms with Crippen LogP contribution < -0.4 is 5.32 Å². The zero-order chi connectivity index (χ0) is 13.5. The van der Waals surface area contributed by atoms with E-state index in [-0.39, 0.29) is 17.9 Å². The molecule has 1 aromatic rings.